The Morgan fingerprint density at radius 2 is 1.39 bits per heavy atom. The molecule has 0 spiro atoms. The van der Waals surface area contributed by atoms with Gasteiger partial charge in [0.2, 0.25) is 0 Å². The van der Waals surface area contributed by atoms with Crippen LogP contribution in [0.4, 0.5) is 0 Å². The highest BCUT2D eigenvalue weighted by Gasteiger charge is 2.43. The summed E-state index contributed by atoms with van der Waals surface area (Å²) >= 11 is 3.31. The van der Waals surface area contributed by atoms with Crippen molar-refractivity contribution in [3.05, 3.63) is 65.1 Å². The Labute approximate surface area is 148 Å². The molecule has 4 nitrogen and oxygen atoms in total. The molecule has 1 fully saturated rings. The maximum Gasteiger partial charge on any atom is 0.494 e. The van der Waals surface area contributed by atoms with Gasteiger partial charge < -0.3 is 21.6 Å². The summed E-state index contributed by atoms with van der Waals surface area (Å²) in [5.41, 5.74) is 0.894. The molecular formula is C17H26BBrN2O2. The number of hydrogen-bond acceptors (Lipinski definition) is 4. The van der Waals surface area contributed by atoms with Crippen molar-refractivity contribution in [2.24, 2.45) is 0 Å². The molecule has 1 atom stereocenters. The first-order chi connectivity index (χ1) is 9.99. The summed E-state index contributed by atoms with van der Waals surface area (Å²) in [6.07, 6.45) is 0.132. The van der Waals surface area contributed by atoms with Gasteiger partial charge in [-0.25, -0.2) is 0 Å². The van der Waals surface area contributed by atoms with E-state index in [2.05, 4.69) is 29.8 Å². The van der Waals surface area contributed by atoms with Crippen molar-refractivity contribution >= 4 is 28.5 Å². The molecule has 1 saturated heterocycles. The largest absolute Gasteiger partial charge is 0.494 e. The van der Waals surface area contributed by atoms with E-state index in [1.54, 1.807) is 0 Å². The number of hydrogen-bond donors (Lipinski definition) is 2. The Bertz CT molecular complexity index is 555. The lowest BCUT2D eigenvalue weighted by Crippen LogP contribution is -2.34. The third kappa shape index (κ3) is 6.45. The minimum Gasteiger partial charge on any atom is -0.402 e. The topological polar surface area (TPSA) is 88.5 Å². The van der Waals surface area contributed by atoms with E-state index in [0.717, 1.165) is 9.94 Å². The molecule has 23 heavy (non-hydrogen) atoms. The first kappa shape index (κ1) is 21.8. The van der Waals surface area contributed by atoms with Crippen molar-refractivity contribution in [1.82, 2.24) is 12.3 Å². The van der Waals surface area contributed by atoms with E-state index in [1.807, 2.05) is 67.6 Å². The van der Waals surface area contributed by atoms with Gasteiger partial charge in [0, 0.05) is 4.47 Å². The lowest BCUT2D eigenvalue weighted by atomic mass is 9.79. The van der Waals surface area contributed by atoms with Crippen LogP contribution in [0, 0.1) is 0 Å². The summed E-state index contributed by atoms with van der Waals surface area (Å²) in [7, 11) is -0.207. The number of benzene rings is 2. The average Bonchev–Trinajstić information content (AvgIpc) is 2.75. The third-order valence-corrected chi connectivity index (χ3v) is 4.05. The van der Waals surface area contributed by atoms with Gasteiger partial charge >= 0.3 is 7.12 Å². The second-order valence-corrected chi connectivity index (χ2v) is 6.45. The monoisotopic (exact) mass is 380 g/mol. The minimum absolute atomic E-state index is 0. The van der Waals surface area contributed by atoms with Crippen molar-refractivity contribution in [2.75, 3.05) is 0 Å². The van der Waals surface area contributed by atoms with Crippen LogP contribution in [0.1, 0.15) is 20.8 Å². The maximum absolute atomic E-state index is 5.82. The molecule has 2 aromatic rings. The second-order valence-electron chi connectivity index (χ2n) is 5.54. The van der Waals surface area contributed by atoms with Gasteiger partial charge in [-0.15, -0.1) is 0 Å². The van der Waals surface area contributed by atoms with Crippen LogP contribution in [-0.4, -0.2) is 18.8 Å². The average molecular weight is 381 g/mol. The normalized spacial score (nSPS) is 18.1. The van der Waals surface area contributed by atoms with E-state index in [4.69, 9.17) is 9.31 Å². The molecule has 0 saturated carbocycles. The van der Waals surface area contributed by atoms with Crippen LogP contribution >= 0.6 is 15.9 Å². The van der Waals surface area contributed by atoms with Crippen LogP contribution in [0.25, 0.3) is 0 Å². The Balaban J connectivity index is 0.000000463. The van der Waals surface area contributed by atoms with Gasteiger partial charge in [0.1, 0.15) is 0 Å². The molecule has 1 unspecified atom stereocenters. The quantitative estimate of drug-likeness (QED) is 0.718. The molecule has 0 aliphatic carbocycles. The molecule has 3 rings (SSSR count). The Kier molecular flexibility index (Phi) is 9.35. The van der Waals surface area contributed by atoms with Gasteiger partial charge in [-0.3, -0.25) is 0 Å². The SMILES string of the molecule is Brc1ccccc1.CC1OB(c2ccccc2)OC1(C)C.N.N. The first-order valence-electron chi connectivity index (χ1n) is 7.08. The van der Waals surface area contributed by atoms with E-state index < -0.39 is 0 Å². The van der Waals surface area contributed by atoms with Crippen molar-refractivity contribution < 1.29 is 9.31 Å². The maximum atomic E-state index is 5.82. The van der Waals surface area contributed by atoms with Crippen molar-refractivity contribution in [3.63, 3.8) is 0 Å². The second kappa shape index (κ2) is 9.85. The summed E-state index contributed by atoms with van der Waals surface area (Å²) in [5, 5.41) is 0. The molecule has 6 N–H and O–H groups in total. The number of rotatable bonds is 1. The molecule has 0 bridgehead atoms. The molecule has 0 aromatic heterocycles. The predicted octanol–water partition coefficient (Wildman–Crippen LogP) is 4.37. The number of halogens is 1. The van der Waals surface area contributed by atoms with E-state index >= 15 is 0 Å². The lowest BCUT2D eigenvalue weighted by Gasteiger charge is -2.21. The highest BCUT2D eigenvalue weighted by Crippen LogP contribution is 2.26. The lowest BCUT2D eigenvalue weighted by molar-refractivity contribution is 0.0842. The van der Waals surface area contributed by atoms with Gasteiger partial charge in [0.05, 0.1) is 11.7 Å². The molecule has 126 valence electrons. The summed E-state index contributed by atoms with van der Waals surface area (Å²) in [4.78, 5) is 0. The predicted molar refractivity (Wildman–Crippen MR) is 102 cm³/mol. The highest BCUT2D eigenvalue weighted by atomic mass is 79.9. The Hall–Kier alpha value is -1.18. The summed E-state index contributed by atoms with van der Waals surface area (Å²) in [6, 6.07) is 20.0. The van der Waals surface area contributed by atoms with Crippen molar-refractivity contribution in [3.8, 4) is 0 Å². The van der Waals surface area contributed by atoms with Crippen LogP contribution < -0.4 is 17.8 Å². The molecule has 6 heteroatoms. The van der Waals surface area contributed by atoms with Crippen LogP contribution in [0.3, 0.4) is 0 Å². The van der Waals surface area contributed by atoms with Crippen LogP contribution in [0.2, 0.25) is 0 Å². The molecular weight excluding hydrogens is 355 g/mol. The molecule has 2 aromatic carbocycles. The summed E-state index contributed by atoms with van der Waals surface area (Å²) in [5.74, 6) is 0. The van der Waals surface area contributed by atoms with E-state index in [-0.39, 0.29) is 31.1 Å². The van der Waals surface area contributed by atoms with E-state index in [9.17, 15) is 0 Å². The molecule has 1 aliphatic rings. The fraction of sp³-hybridized carbons (Fsp3) is 0.294. The fourth-order valence-corrected chi connectivity index (χ4v) is 2.23. The third-order valence-electron chi connectivity index (χ3n) is 3.52. The Morgan fingerprint density at radius 1 is 0.913 bits per heavy atom. The fourth-order valence-electron chi connectivity index (χ4n) is 1.92. The molecule has 1 aliphatic heterocycles. The van der Waals surface area contributed by atoms with Crippen LogP contribution in [-0.2, 0) is 9.31 Å². The first-order valence-corrected chi connectivity index (χ1v) is 7.87. The van der Waals surface area contributed by atoms with Crippen molar-refractivity contribution in [1.29, 1.82) is 0 Å². The Morgan fingerprint density at radius 3 is 1.74 bits per heavy atom. The van der Waals surface area contributed by atoms with Gasteiger partial charge in [0.25, 0.3) is 0 Å². The van der Waals surface area contributed by atoms with E-state index in [1.165, 1.54) is 0 Å². The molecule has 1 heterocycles. The van der Waals surface area contributed by atoms with Gasteiger partial charge in [0.15, 0.2) is 0 Å². The zero-order valence-corrected chi connectivity index (χ0v) is 15.6. The summed E-state index contributed by atoms with van der Waals surface area (Å²) in [6.45, 7) is 6.16. The van der Waals surface area contributed by atoms with Crippen LogP contribution in [0.15, 0.2) is 65.1 Å². The van der Waals surface area contributed by atoms with Crippen LogP contribution in [0.5, 0.6) is 0 Å². The zero-order valence-electron chi connectivity index (χ0n) is 14.0. The van der Waals surface area contributed by atoms with Gasteiger partial charge in [-0.05, 0) is 38.4 Å². The highest BCUT2D eigenvalue weighted by molar-refractivity contribution is 9.10. The smallest absolute Gasteiger partial charge is 0.402 e. The van der Waals surface area contributed by atoms with Gasteiger partial charge in [-0.2, -0.15) is 0 Å². The zero-order chi connectivity index (χ0) is 15.3. The minimum atomic E-state index is -0.207. The van der Waals surface area contributed by atoms with E-state index in [0.29, 0.717) is 0 Å². The van der Waals surface area contributed by atoms with Crippen molar-refractivity contribution in [2.45, 2.75) is 32.5 Å². The molecule has 0 radical (unpaired) electrons. The molecule has 0 amide bonds. The van der Waals surface area contributed by atoms with Gasteiger partial charge in [-0.1, -0.05) is 64.5 Å². The summed E-state index contributed by atoms with van der Waals surface area (Å²) < 4.78 is 12.7. The standard InChI is InChI=1S/C11H15BO2.C6H5Br.2H3N/c1-9-11(2,3)14-12(13-9)10-7-5-4-6-8-10;7-6-4-2-1-3-5-6;;/h4-9H,1-3H3;1-5H;2*1H3.